The number of nitrogens with zero attached hydrogens (tertiary/aromatic N) is 3. The first kappa shape index (κ1) is 17.4. The van der Waals surface area contributed by atoms with Crippen LogP contribution in [0.25, 0.3) is 28.0 Å². The molecule has 4 aromatic heterocycles. The molecule has 6 nitrogen and oxygen atoms in total. The minimum absolute atomic E-state index is 0.168. The van der Waals surface area contributed by atoms with Gasteiger partial charge >= 0.3 is 0 Å². The molecule has 7 heteroatoms. The Morgan fingerprint density at radius 3 is 2.83 bits per heavy atom. The molecule has 0 saturated heterocycles. The SMILES string of the molecule is O=C(NCc1ccncc1)c1cc2c(ncn2-c2cccc(-c3ccsc3)c2)[nH]1. The van der Waals surface area contributed by atoms with Crippen LogP contribution in [0.4, 0.5) is 0 Å². The van der Waals surface area contributed by atoms with Gasteiger partial charge in [-0.3, -0.25) is 14.3 Å². The first-order valence-electron chi connectivity index (χ1n) is 9.14. The molecule has 0 bridgehead atoms. The fourth-order valence-electron chi connectivity index (χ4n) is 3.26. The second-order valence-corrected chi connectivity index (χ2v) is 7.41. The number of aromatic amines is 1. The van der Waals surface area contributed by atoms with E-state index in [-0.39, 0.29) is 5.91 Å². The molecule has 0 unspecified atom stereocenters. The van der Waals surface area contributed by atoms with Crippen molar-refractivity contribution in [2.75, 3.05) is 0 Å². The number of carbonyl (C=O) groups is 1. The molecule has 0 fully saturated rings. The number of H-pyrrole nitrogens is 1. The van der Waals surface area contributed by atoms with E-state index in [9.17, 15) is 4.79 Å². The van der Waals surface area contributed by atoms with Crippen LogP contribution in [0.2, 0.25) is 0 Å². The number of thiophene rings is 1. The third-order valence-electron chi connectivity index (χ3n) is 4.76. The average molecular weight is 399 g/mol. The van der Waals surface area contributed by atoms with Crippen molar-refractivity contribution in [3.05, 3.63) is 89.3 Å². The highest BCUT2D eigenvalue weighted by Crippen LogP contribution is 2.26. The number of nitrogens with one attached hydrogen (secondary N) is 2. The van der Waals surface area contributed by atoms with Gasteiger partial charge in [-0.2, -0.15) is 11.3 Å². The van der Waals surface area contributed by atoms with Gasteiger partial charge in [0.25, 0.3) is 5.91 Å². The van der Waals surface area contributed by atoms with Crippen LogP contribution in [-0.4, -0.2) is 25.4 Å². The molecule has 5 rings (SSSR count). The highest BCUT2D eigenvalue weighted by Gasteiger charge is 2.14. The van der Waals surface area contributed by atoms with Gasteiger partial charge in [-0.1, -0.05) is 12.1 Å². The lowest BCUT2D eigenvalue weighted by Gasteiger charge is -2.06. The van der Waals surface area contributed by atoms with Crippen molar-refractivity contribution in [3.63, 3.8) is 0 Å². The summed E-state index contributed by atoms with van der Waals surface area (Å²) in [6.07, 6.45) is 5.19. The Hall–Kier alpha value is -3.71. The number of carbonyl (C=O) groups excluding carboxylic acids is 1. The average Bonchev–Trinajstić information content (AvgIpc) is 3.50. The summed E-state index contributed by atoms with van der Waals surface area (Å²) in [5, 5.41) is 7.12. The predicted molar refractivity (Wildman–Crippen MR) is 114 cm³/mol. The number of hydrogen-bond donors (Lipinski definition) is 2. The molecule has 4 heterocycles. The normalized spacial score (nSPS) is 11.0. The van der Waals surface area contributed by atoms with Crippen molar-refractivity contribution >= 4 is 28.4 Å². The van der Waals surface area contributed by atoms with Crippen molar-refractivity contribution in [2.45, 2.75) is 6.54 Å². The maximum Gasteiger partial charge on any atom is 0.268 e. The smallest absolute Gasteiger partial charge is 0.268 e. The van der Waals surface area contributed by atoms with Crippen molar-refractivity contribution in [3.8, 4) is 16.8 Å². The number of imidazole rings is 1. The molecule has 29 heavy (non-hydrogen) atoms. The second-order valence-electron chi connectivity index (χ2n) is 6.63. The minimum Gasteiger partial charge on any atom is -0.347 e. The summed E-state index contributed by atoms with van der Waals surface area (Å²) >= 11 is 1.68. The Morgan fingerprint density at radius 1 is 1.10 bits per heavy atom. The molecule has 0 saturated carbocycles. The number of amides is 1. The summed E-state index contributed by atoms with van der Waals surface area (Å²) in [6.45, 7) is 0.445. The van der Waals surface area contributed by atoms with Crippen LogP contribution in [0, 0.1) is 0 Å². The molecule has 1 amide bonds. The molecule has 5 aromatic rings. The van der Waals surface area contributed by atoms with Crippen LogP contribution >= 0.6 is 11.3 Å². The van der Waals surface area contributed by atoms with E-state index >= 15 is 0 Å². The van der Waals surface area contributed by atoms with Crippen molar-refractivity contribution < 1.29 is 4.79 Å². The molecular weight excluding hydrogens is 382 g/mol. The Bertz CT molecular complexity index is 1270. The Balaban J connectivity index is 1.42. The molecule has 0 atom stereocenters. The monoisotopic (exact) mass is 399 g/mol. The molecule has 0 aliphatic heterocycles. The van der Waals surface area contributed by atoms with Crippen molar-refractivity contribution in [1.29, 1.82) is 0 Å². The van der Waals surface area contributed by atoms with E-state index < -0.39 is 0 Å². The van der Waals surface area contributed by atoms with Crippen LogP contribution in [0.1, 0.15) is 16.1 Å². The highest BCUT2D eigenvalue weighted by atomic mass is 32.1. The first-order valence-corrected chi connectivity index (χ1v) is 10.1. The number of rotatable bonds is 5. The molecule has 0 spiro atoms. The van der Waals surface area contributed by atoms with Gasteiger partial charge in [0.05, 0.1) is 5.52 Å². The van der Waals surface area contributed by atoms with E-state index in [4.69, 9.17) is 0 Å². The van der Waals surface area contributed by atoms with Crippen LogP contribution < -0.4 is 5.32 Å². The van der Waals surface area contributed by atoms with Crippen LogP contribution in [0.3, 0.4) is 0 Å². The molecule has 2 N–H and O–H groups in total. The fraction of sp³-hybridized carbons (Fsp3) is 0.0455. The van der Waals surface area contributed by atoms with Crippen LogP contribution in [-0.2, 0) is 6.54 Å². The fourth-order valence-corrected chi connectivity index (χ4v) is 3.93. The summed E-state index contributed by atoms with van der Waals surface area (Å²) in [5.74, 6) is -0.168. The largest absolute Gasteiger partial charge is 0.347 e. The summed E-state index contributed by atoms with van der Waals surface area (Å²) < 4.78 is 1.99. The predicted octanol–water partition coefficient (Wildman–Crippen LogP) is 4.41. The van der Waals surface area contributed by atoms with Gasteiger partial charge in [-0.25, -0.2) is 4.98 Å². The molecule has 142 valence electrons. The maximum atomic E-state index is 12.5. The third kappa shape index (κ3) is 3.43. The molecule has 0 aliphatic carbocycles. The number of pyridine rings is 1. The number of hydrogen-bond acceptors (Lipinski definition) is 4. The summed E-state index contributed by atoms with van der Waals surface area (Å²) in [5.41, 5.74) is 6.37. The number of fused-ring (bicyclic) bond motifs is 1. The summed E-state index contributed by atoms with van der Waals surface area (Å²) in [7, 11) is 0. The van der Waals surface area contributed by atoms with Gasteiger partial charge in [0, 0.05) is 24.6 Å². The van der Waals surface area contributed by atoms with E-state index in [0.717, 1.165) is 22.3 Å². The lowest BCUT2D eigenvalue weighted by Crippen LogP contribution is -2.23. The zero-order valence-electron chi connectivity index (χ0n) is 15.4. The molecule has 0 radical (unpaired) electrons. The standard InChI is InChI=1S/C22H17N5OS/c28-22(24-12-15-4-7-23-8-5-15)19-11-20-21(26-19)25-14-27(20)18-3-1-2-16(10-18)17-6-9-29-13-17/h1-11,13-14,26H,12H2,(H,24,28). The topological polar surface area (TPSA) is 75.6 Å². The Morgan fingerprint density at radius 2 is 2.00 bits per heavy atom. The zero-order valence-corrected chi connectivity index (χ0v) is 16.2. The summed E-state index contributed by atoms with van der Waals surface area (Å²) in [4.78, 5) is 24.1. The lowest BCUT2D eigenvalue weighted by atomic mass is 10.1. The van der Waals surface area contributed by atoms with Gasteiger partial charge in [0.1, 0.15) is 12.0 Å². The molecule has 1 aromatic carbocycles. The lowest BCUT2D eigenvalue weighted by molar-refractivity contribution is 0.0946. The quantitative estimate of drug-likeness (QED) is 0.460. The molecular formula is C22H17N5OS. The van der Waals surface area contributed by atoms with Gasteiger partial charge in [-0.05, 0) is 63.8 Å². The van der Waals surface area contributed by atoms with E-state index in [0.29, 0.717) is 17.9 Å². The first-order chi connectivity index (χ1) is 14.3. The summed E-state index contributed by atoms with van der Waals surface area (Å²) in [6, 6.07) is 16.0. The van der Waals surface area contributed by atoms with Gasteiger partial charge in [0.2, 0.25) is 0 Å². The zero-order chi connectivity index (χ0) is 19.6. The van der Waals surface area contributed by atoms with Gasteiger partial charge < -0.3 is 10.3 Å². The highest BCUT2D eigenvalue weighted by molar-refractivity contribution is 7.08. The van der Waals surface area contributed by atoms with E-state index in [1.807, 2.05) is 34.9 Å². The van der Waals surface area contributed by atoms with Gasteiger partial charge in [-0.15, -0.1) is 0 Å². The maximum absolute atomic E-state index is 12.5. The van der Waals surface area contributed by atoms with Crippen LogP contribution in [0.15, 0.2) is 78.0 Å². The minimum atomic E-state index is -0.168. The van der Waals surface area contributed by atoms with E-state index in [1.54, 1.807) is 30.1 Å². The van der Waals surface area contributed by atoms with Gasteiger partial charge in [0.15, 0.2) is 5.65 Å². The third-order valence-corrected chi connectivity index (χ3v) is 5.45. The van der Waals surface area contributed by atoms with E-state index in [2.05, 4.69) is 49.2 Å². The van der Waals surface area contributed by atoms with Crippen LogP contribution in [0.5, 0.6) is 0 Å². The molecule has 0 aliphatic rings. The van der Waals surface area contributed by atoms with Crippen molar-refractivity contribution in [1.82, 2.24) is 24.8 Å². The van der Waals surface area contributed by atoms with Crippen molar-refractivity contribution in [2.24, 2.45) is 0 Å². The number of aromatic nitrogens is 4. The second kappa shape index (κ2) is 7.37. The Kier molecular flexibility index (Phi) is 4.42. The van der Waals surface area contributed by atoms with E-state index in [1.165, 1.54) is 5.56 Å². The number of benzene rings is 1. The Labute approximate surface area is 170 Å².